The summed E-state index contributed by atoms with van der Waals surface area (Å²) in [5.74, 6) is 0.568. The van der Waals surface area contributed by atoms with Crippen molar-refractivity contribution >= 4 is 17.1 Å². The summed E-state index contributed by atoms with van der Waals surface area (Å²) in [4.78, 5) is 10.8. The van der Waals surface area contributed by atoms with Gasteiger partial charge in [-0.05, 0) is 16.8 Å². The van der Waals surface area contributed by atoms with E-state index in [-0.39, 0.29) is 0 Å². The lowest BCUT2D eigenvalue weighted by Gasteiger charge is -2.05. The van der Waals surface area contributed by atoms with E-state index in [1.807, 2.05) is 36.6 Å². The van der Waals surface area contributed by atoms with Crippen LogP contribution in [0.1, 0.15) is 5.56 Å². The SMILES string of the molecule is COc1ccc2ccccc2c1[C]=O. The van der Waals surface area contributed by atoms with E-state index in [1.165, 1.54) is 0 Å². The molecular weight excluding hydrogens is 176 g/mol. The minimum Gasteiger partial charge on any atom is -0.496 e. The molecular formula is C12H9O2. The number of methoxy groups -OCH3 is 1. The predicted molar refractivity (Wildman–Crippen MR) is 55.3 cm³/mol. The Hall–Kier alpha value is -1.83. The van der Waals surface area contributed by atoms with Crippen LogP contribution in [0.5, 0.6) is 5.75 Å². The zero-order valence-corrected chi connectivity index (χ0v) is 7.78. The summed E-state index contributed by atoms with van der Waals surface area (Å²) in [7, 11) is 1.55. The molecule has 0 bridgehead atoms. The standard InChI is InChI=1S/C12H9O2/c1-14-12-7-6-9-4-2-3-5-10(9)11(12)8-13/h2-7H,1H3. The summed E-state index contributed by atoms with van der Waals surface area (Å²) < 4.78 is 5.08. The Balaban J connectivity index is 2.83. The second-order valence-electron chi connectivity index (χ2n) is 2.97. The molecule has 2 nitrogen and oxygen atoms in total. The first-order valence-electron chi connectivity index (χ1n) is 4.30. The third-order valence-corrected chi connectivity index (χ3v) is 2.21. The minimum atomic E-state index is 0.491. The van der Waals surface area contributed by atoms with Crippen LogP contribution in [0.4, 0.5) is 0 Å². The quantitative estimate of drug-likeness (QED) is 0.717. The van der Waals surface area contributed by atoms with Crippen molar-refractivity contribution in [2.24, 2.45) is 0 Å². The summed E-state index contributed by atoms with van der Waals surface area (Å²) in [6.07, 6.45) is 1.91. The zero-order chi connectivity index (χ0) is 9.97. The Kier molecular flexibility index (Phi) is 2.19. The molecule has 0 fully saturated rings. The fourth-order valence-electron chi connectivity index (χ4n) is 1.53. The van der Waals surface area contributed by atoms with Crippen LogP contribution in [0.2, 0.25) is 0 Å². The summed E-state index contributed by atoms with van der Waals surface area (Å²) in [6, 6.07) is 11.4. The smallest absolute Gasteiger partial charge is 0.238 e. The maximum Gasteiger partial charge on any atom is 0.238 e. The second kappa shape index (κ2) is 3.50. The van der Waals surface area contributed by atoms with Crippen molar-refractivity contribution in [1.82, 2.24) is 0 Å². The molecule has 0 amide bonds. The van der Waals surface area contributed by atoms with E-state index in [1.54, 1.807) is 13.2 Å². The molecule has 0 aromatic heterocycles. The summed E-state index contributed by atoms with van der Waals surface area (Å²) in [6.45, 7) is 0. The lowest BCUT2D eigenvalue weighted by atomic mass is 10.0. The molecule has 0 aliphatic rings. The van der Waals surface area contributed by atoms with E-state index >= 15 is 0 Å². The molecule has 2 aromatic carbocycles. The molecule has 0 heterocycles. The maximum absolute atomic E-state index is 10.8. The van der Waals surface area contributed by atoms with E-state index < -0.39 is 0 Å². The number of fused-ring (bicyclic) bond motifs is 1. The van der Waals surface area contributed by atoms with Crippen molar-refractivity contribution in [1.29, 1.82) is 0 Å². The van der Waals surface area contributed by atoms with Gasteiger partial charge in [-0.3, -0.25) is 4.79 Å². The van der Waals surface area contributed by atoms with Crippen LogP contribution in [0.3, 0.4) is 0 Å². The van der Waals surface area contributed by atoms with Crippen molar-refractivity contribution in [3.8, 4) is 5.75 Å². The topological polar surface area (TPSA) is 26.3 Å². The number of carbonyl (C=O) groups excluding carboxylic acids is 1. The van der Waals surface area contributed by atoms with E-state index in [0.29, 0.717) is 11.3 Å². The van der Waals surface area contributed by atoms with Crippen LogP contribution >= 0.6 is 0 Å². The van der Waals surface area contributed by atoms with Gasteiger partial charge in [-0.25, -0.2) is 0 Å². The molecule has 2 rings (SSSR count). The summed E-state index contributed by atoms with van der Waals surface area (Å²) >= 11 is 0. The van der Waals surface area contributed by atoms with Crippen molar-refractivity contribution in [2.45, 2.75) is 0 Å². The highest BCUT2D eigenvalue weighted by Crippen LogP contribution is 2.25. The highest BCUT2D eigenvalue weighted by molar-refractivity contribution is 6.00. The molecule has 0 aliphatic carbocycles. The first-order valence-corrected chi connectivity index (χ1v) is 4.30. The van der Waals surface area contributed by atoms with E-state index in [2.05, 4.69) is 0 Å². The van der Waals surface area contributed by atoms with Crippen LogP contribution < -0.4 is 4.74 Å². The Labute approximate surface area is 82.1 Å². The Morgan fingerprint density at radius 1 is 1.14 bits per heavy atom. The van der Waals surface area contributed by atoms with Crippen molar-refractivity contribution in [3.05, 3.63) is 42.0 Å². The average molecular weight is 185 g/mol. The lowest BCUT2D eigenvalue weighted by molar-refractivity contribution is 0.414. The molecule has 2 aromatic rings. The van der Waals surface area contributed by atoms with Gasteiger partial charge in [-0.1, -0.05) is 30.3 Å². The molecule has 0 saturated heterocycles. The van der Waals surface area contributed by atoms with Gasteiger partial charge in [0.25, 0.3) is 0 Å². The lowest BCUT2D eigenvalue weighted by Crippen LogP contribution is -1.91. The molecule has 0 spiro atoms. The number of rotatable bonds is 2. The van der Waals surface area contributed by atoms with E-state index in [4.69, 9.17) is 4.74 Å². The Morgan fingerprint density at radius 3 is 2.64 bits per heavy atom. The first-order chi connectivity index (χ1) is 6.86. The number of hydrogen-bond donors (Lipinski definition) is 0. The second-order valence-corrected chi connectivity index (χ2v) is 2.97. The fraction of sp³-hybridized carbons (Fsp3) is 0.0833. The van der Waals surface area contributed by atoms with Crippen LogP contribution in [-0.2, 0) is 4.79 Å². The Bertz CT molecular complexity index is 475. The summed E-state index contributed by atoms with van der Waals surface area (Å²) in [5.41, 5.74) is 0.491. The van der Waals surface area contributed by atoms with Gasteiger partial charge >= 0.3 is 0 Å². The third-order valence-electron chi connectivity index (χ3n) is 2.21. The van der Waals surface area contributed by atoms with Gasteiger partial charge in [-0.2, -0.15) is 0 Å². The Morgan fingerprint density at radius 2 is 1.93 bits per heavy atom. The van der Waals surface area contributed by atoms with Gasteiger partial charge in [0.2, 0.25) is 6.29 Å². The van der Waals surface area contributed by atoms with Crippen molar-refractivity contribution < 1.29 is 9.53 Å². The van der Waals surface area contributed by atoms with Gasteiger partial charge in [0.1, 0.15) is 5.75 Å². The van der Waals surface area contributed by atoms with Crippen LogP contribution in [0, 0.1) is 0 Å². The van der Waals surface area contributed by atoms with Crippen molar-refractivity contribution in [2.75, 3.05) is 7.11 Å². The molecule has 0 unspecified atom stereocenters. The largest absolute Gasteiger partial charge is 0.496 e. The molecule has 0 N–H and O–H groups in total. The van der Waals surface area contributed by atoms with E-state index in [9.17, 15) is 4.79 Å². The van der Waals surface area contributed by atoms with Crippen LogP contribution in [0.25, 0.3) is 10.8 Å². The molecule has 1 radical (unpaired) electrons. The number of hydrogen-bond acceptors (Lipinski definition) is 2. The first kappa shape index (κ1) is 8.75. The van der Waals surface area contributed by atoms with Crippen LogP contribution in [-0.4, -0.2) is 13.4 Å². The van der Waals surface area contributed by atoms with Crippen molar-refractivity contribution in [3.63, 3.8) is 0 Å². The maximum atomic E-state index is 10.8. The fourth-order valence-corrected chi connectivity index (χ4v) is 1.53. The molecule has 69 valence electrons. The van der Waals surface area contributed by atoms with Crippen LogP contribution in [0.15, 0.2) is 36.4 Å². The van der Waals surface area contributed by atoms with Gasteiger partial charge < -0.3 is 4.74 Å². The molecule has 0 aliphatic heterocycles. The van der Waals surface area contributed by atoms with E-state index in [0.717, 1.165) is 10.8 Å². The molecule has 0 atom stereocenters. The third kappa shape index (κ3) is 1.25. The van der Waals surface area contributed by atoms with Gasteiger partial charge in [0.15, 0.2) is 0 Å². The van der Waals surface area contributed by atoms with Gasteiger partial charge in [0, 0.05) is 0 Å². The molecule has 0 saturated carbocycles. The molecule has 14 heavy (non-hydrogen) atoms. The van der Waals surface area contributed by atoms with Gasteiger partial charge in [-0.15, -0.1) is 0 Å². The highest BCUT2D eigenvalue weighted by Gasteiger charge is 2.06. The molecule has 2 heteroatoms. The normalized spacial score (nSPS) is 10.1. The zero-order valence-electron chi connectivity index (χ0n) is 7.78. The summed E-state index contributed by atoms with van der Waals surface area (Å²) in [5, 5.41) is 1.90. The van der Waals surface area contributed by atoms with Gasteiger partial charge in [0.05, 0.1) is 12.7 Å². The number of ether oxygens (including phenoxy) is 1. The predicted octanol–water partition coefficient (Wildman–Crippen LogP) is 2.31. The monoisotopic (exact) mass is 185 g/mol. The highest BCUT2D eigenvalue weighted by atomic mass is 16.5. The minimum absolute atomic E-state index is 0.491. The number of benzene rings is 2. The average Bonchev–Trinajstić information content (AvgIpc) is 2.27.